The van der Waals surface area contributed by atoms with Crippen molar-refractivity contribution in [2.45, 2.75) is 54.0 Å². The van der Waals surface area contributed by atoms with E-state index in [4.69, 9.17) is 0 Å². The van der Waals surface area contributed by atoms with Gasteiger partial charge in [-0.05, 0) is 37.1 Å². The topological polar surface area (TPSA) is 15.3 Å². The Hall–Kier alpha value is -0.0800. The lowest BCUT2D eigenvalue weighted by atomic mass is 9.68. The molecule has 0 saturated carbocycles. The molecule has 0 bridgehead atoms. The van der Waals surface area contributed by atoms with Gasteiger partial charge in [-0.15, -0.1) is 0 Å². The molecule has 0 aromatic carbocycles. The van der Waals surface area contributed by atoms with Gasteiger partial charge in [0, 0.05) is 19.3 Å². The quantitative estimate of drug-likeness (QED) is 0.793. The van der Waals surface area contributed by atoms with Crippen LogP contribution in [0.5, 0.6) is 0 Å². The second-order valence-electron chi connectivity index (χ2n) is 6.33. The summed E-state index contributed by atoms with van der Waals surface area (Å²) in [5.74, 6) is 1.47. The van der Waals surface area contributed by atoms with Gasteiger partial charge in [-0.25, -0.2) is 0 Å². The average molecular weight is 226 g/mol. The fourth-order valence-corrected chi connectivity index (χ4v) is 2.52. The molecule has 0 spiro atoms. The van der Waals surface area contributed by atoms with Crippen molar-refractivity contribution in [3.8, 4) is 0 Å². The van der Waals surface area contributed by atoms with Gasteiger partial charge in [0.15, 0.2) is 0 Å². The number of rotatable bonds is 4. The van der Waals surface area contributed by atoms with Crippen molar-refractivity contribution in [3.05, 3.63) is 0 Å². The predicted octanol–water partition coefficient (Wildman–Crippen LogP) is 2.95. The van der Waals surface area contributed by atoms with Gasteiger partial charge in [0.05, 0.1) is 0 Å². The zero-order chi connectivity index (χ0) is 12.3. The molecule has 0 amide bonds. The van der Waals surface area contributed by atoms with Gasteiger partial charge in [0.1, 0.15) is 0 Å². The zero-order valence-corrected chi connectivity index (χ0v) is 12.0. The highest BCUT2D eigenvalue weighted by Gasteiger charge is 2.35. The van der Waals surface area contributed by atoms with E-state index in [1.807, 2.05) is 0 Å². The highest BCUT2D eigenvalue weighted by Crippen LogP contribution is 2.38. The van der Waals surface area contributed by atoms with E-state index < -0.39 is 0 Å². The van der Waals surface area contributed by atoms with Crippen LogP contribution in [0.3, 0.4) is 0 Å². The Kier molecular flexibility index (Phi) is 4.81. The van der Waals surface area contributed by atoms with Crippen LogP contribution in [0.2, 0.25) is 0 Å². The Bertz CT molecular complexity index is 205. The van der Waals surface area contributed by atoms with Gasteiger partial charge in [0.25, 0.3) is 0 Å². The van der Waals surface area contributed by atoms with Crippen molar-refractivity contribution < 1.29 is 0 Å². The number of nitrogens with one attached hydrogen (secondary N) is 1. The summed E-state index contributed by atoms with van der Waals surface area (Å²) in [7, 11) is 0. The minimum Gasteiger partial charge on any atom is -0.304 e. The summed E-state index contributed by atoms with van der Waals surface area (Å²) in [6, 6.07) is 0.671. The molecule has 2 heteroatoms. The largest absolute Gasteiger partial charge is 0.304 e. The molecule has 0 aromatic rings. The maximum Gasteiger partial charge on any atom is 0.0483 e. The summed E-state index contributed by atoms with van der Waals surface area (Å²) in [6.07, 6.45) is 1.29. The van der Waals surface area contributed by atoms with Gasteiger partial charge in [-0.3, -0.25) is 4.90 Å². The Labute approximate surface area is 102 Å². The minimum absolute atomic E-state index is 0.414. The van der Waals surface area contributed by atoms with Crippen molar-refractivity contribution in [1.29, 1.82) is 0 Å². The summed E-state index contributed by atoms with van der Waals surface area (Å²) < 4.78 is 0. The smallest absolute Gasteiger partial charge is 0.0483 e. The third-order valence-corrected chi connectivity index (χ3v) is 5.07. The number of nitrogens with zero attached hydrogens (tertiary/aromatic N) is 1. The third-order valence-electron chi connectivity index (χ3n) is 5.07. The van der Waals surface area contributed by atoms with E-state index >= 15 is 0 Å². The lowest BCUT2D eigenvalue weighted by Crippen LogP contribution is -2.51. The molecule has 96 valence electrons. The third kappa shape index (κ3) is 2.98. The van der Waals surface area contributed by atoms with E-state index in [-0.39, 0.29) is 0 Å². The van der Waals surface area contributed by atoms with E-state index in [0.29, 0.717) is 11.5 Å². The van der Waals surface area contributed by atoms with E-state index in [1.54, 1.807) is 0 Å². The second-order valence-corrected chi connectivity index (χ2v) is 6.33. The highest BCUT2D eigenvalue weighted by atomic mass is 15.3. The Balaban J connectivity index is 2.61. The normalized spacial score (nSPS) is 23.4. The maximum absolute atomic E-state index is 3.48. The van der Waals surface area contributed by atoms with Crippen LogP contribution in [-0.4, -0.2) is 30.7 Å². The van der Waals surface area contributed by atoms with E-state index in [2.05, 4.69) is 51.8 Å². The van der Waals surface area contributed by atoms with Crippen LogP contribution in [0.15, 0.2) is 0 Å². The van der Waals surface area contributed by atoms with Crippen LogP contribution in [0, 0.1) is 17.3 Å². The Morgan fingerprint density at radius 2 is 1.75 bits per heavy atom. The van der Waals surface area contributed by atoms with Gasteiger partial charge in [-0.1, -0.05) is 34.6 Å². The highest BCUT2D eigenvalue weighted by molar-refractivity contribution is 4.86. The second kappa shape index (κ2) is 5.50. The molecule has 1 heterocycles. The number of hydrogen-bond acceptors (Lipinski definition) is 2. The standard InChI is InChI=1S/C14H30N2/c1-11(2)14(5,6)12(3)13(4)16-9-7-8-15-10-16/h11-13,15H,7-10H2,1-6H3/t12-,13?/m0/s1. The first-order chi connectivity index (χ1) is 7.37. The molecular formula is C14H30N2. The van der Waals surface area contributed by atoms with Crippen LogP contribution in [0.25, 0.3) is 0 Å². The molecule has 1 unspecified atom stereocenters. The molecule has 0 aromatic heterocycles. The minimum atomic E-state index is 0.414. The van der Waals surface area contributed by atoms with Gasteiger partial charge in [-0.2, -0.15) is 0 Å². The molecule has 1 aliphatic rings. The summed E-state index contributed by atoms with van der Waals surface area (Å²) in [5.41, 5.74) is 0.414. The first-order valence-electron chi connectivity index (χ1n) is 6.82. The number of hydrogen-bond donors (Lipinski definition) is 1. The molecule has 16 heavy (non-hydrogen) atoms. The van der Waals surface area contributed by atoms with Crippen molar-refractivity contribution in [2.75, 3.05) is 19.8 Å². The van der Waals surface area contributed by atoms with Crippen LogP contribution < -0.4 is 5.32 Å². The molecule has 0 radical (unpaired) electrons. The lowest BCUT2D eigenvalue weighted by Gasteiger charge is -2.44. The molecule has 0 aliphatic carbocycles. The van der Waals surface area contributed by atoms with Crippen LogP contribution in [0.1, 0.15) is 48.0 Å². The molecule has 1 rings (SSSR count). The van der Waals surface area contributed by atoms with Crippen molar-refractivity contribution in [1.82, 2.24) is 10.2 Å². The maximum atomic E-state index is 3.48. The fraction of sp³-hybridized carbons (Fsp3) is 1.00. The van der Waals surface area contributed by atoms with Gasteiger partial charge >= 0.3 is 0 Å². The molecule has 2 nitrogen and oxygen atoms in total. The molecule has 1 N–H and O–H groups in total. The SMILES string of the molecule is CC([C@H](C)C(C)(C)C(C)C)N1CCCNC1. The summed E-state index contributed by atoms with van der Waals surface area (Å²) in [4.78, 5) is 2.60. The van der Waals surface area contributed by atoms with E-state index in [0.717, 1.165) is 18.5 Å². The monoisotopic (exact) mass is 226 g/mol. The molecule has 1 saturated heterocycles. The summed E-state index contributed by atoms with van der Waals surface area (Å²) >= 11 is 0. The molecular weight excluding hydrogens is 196 g/mol. The first kappa shape index (κ1) is 14.0. The summed E-state index contributed by atoms with van der Waals surface area (Å²) in [6.45, 7) is 17.8. The lowest BCUT2D eigenvalue weighted by molar-refractivity contribution is 0.0427. The van der Waals surface area contributed by atoms with E-state index in [1.165, 1.54) is 19.5 Å². The van der Waals surface area contributed by atoms with Crippen LogP contribution in [0.4, 0.5) is 0 Å². The van der Waals surface area contributed by atoms with Gasteiger partial charge in [0.2, 0.25) is 0 Å². The molecule has 2 atom stereocenters. The Morgan fingerprint density at radius 1 is 1.12 bits per heavy atom. The summed E-state index contributed by atoms with van der Waals surface area (Å²) in [5, 5.41) is 3.48. The molecule has 1 fully saturated rings. The van der Waals surface area contributed by atoms with Crippen molar-refractivity contribution in [2.24, 2.45) is 17.3 Å². The Morgan fingerprint density at radius 3 is 2.19 bits per heavy atom. The van der Waals surface area contributed by atoms with Gasteiger partial charge < -0.3 is 5.32 Å². The molecule has 1 aliphatic heterocycles. The van der Waals surface area contributed by atoms with E-state index in [9.17, 15) is 0 Å². The fourth-order valence-electron chi connectivity index (χ4n) is 2.52. The zero-order valence-electron chi connectivity index (χ0n) is 12.0. The predicted molar refractivity (Wildman–Crippen MR) is 71.4 cm³/mol. The average Bonchev–Trinajstić information content (AvgIpc) is 2.28. The van der Waals surface area contributed by atoms with Crippen LogP contribution >= 0.6 is 0 Å². The van der Waals surface area contributed by atoms with Crippen molar-refractivity contribution >= 4 is 0 Å². The van der Waals surface area contributed by atoms with Crippen LogP contribution in [-0.2, 0) is 0 Å². The first-order valence-corrected chi connectivity index (χ1v) is 6.82. The van der Waals surface area contributed by atoms with Crippen molar-refractivity contribution in [3.63, 3.8) is 0 Å².